The maximum atomic E-state index is 12.0. The number of rotatable bonds is 9. The highest BCUT2D eigenvalue weighted by atomic mass is 16.5. The molecule has 23 heavy (non-hydrogen) atoms. The lowest BCUT2D eigenvalue weighted by molar-refractivity contribution is -0.138. The van der Waals surface area contributed by atoms with E-state index in [0.717, 1.165) is 0 Å². The summed E-state index contributed by atoms with van der Waals surface area (Å²) in [4.78, 5) is 44.9. The van der Waals surface area contributed by atoms with Crippen LogP contribution in [-0.2, 0) is 14.3 Å². The normalized spacial score (nSPS) is 11.5. The van der Waals surface area contributed by atoms with Crippen molar-refractivity contribution in [2.75, 3.05) is 6.61 Å². The molecule has 0 bridgehead atoms. The third kappa shape index (κ3) is 6.29. The quantitative estimate of drug-likeness (QED) is 0.667. The van der Waals surface area contributed by atoms with Crippen molar-refractivity contribution in [1.29, 1.82) is 0 Å². The molecule has 2 N–H and O–H groups in total. The predicted octanol–water partition coefficient (Wildman–Crippen LogP) is 2.00. The number of benzene rings is 1. The molecule has 0 amide bonds. The second-order valence-corrected chi connectivity index (χ2v) is 5.15. The third-order valence-electron chi connectivity index (χ3n) is 3.20. The molecule has 1 unspecified atom stereocenters. The number of carboxylic acid groups (broad SMARTS) is 2. The van der Waals surface area contributed by atoms with Crippen LogP contribution in [0.1, 0.15) is 46.9 Å². The summed E-state index contributed by atoms with van der Waals surface area (Å²) in [5, 5.41) is 17.9. The van der Waals surface area contributed by atoms with E-state index in [9.17, 15) is 19.2 Å². The van der Waals surface area contributed by atoms with E-state index in [-0.39, 0.29) is 42.8 Å². The second-order valence-electron chi connectivity index (χ2n) is 5.15. The van der Waals surface area contributed by atoms with Gasteiger partial charge in [0.25, 0.3) is 0 Å². The molecule has 124 valence electrons. The number of Topliss-reactive ketones (excluding diaryl/α,β-unsaturated/α-hetero) is 1. The molecule has 0 spiro atoms. The molecule has 1 aromatic carbocycles. The number of carbonyl (C=O) groups is 4. The van der Waals surface area contributed by atoms with Crippen molar-refractivity contribution < 1.29 is 34.1 Å². The van der Waals surface area contributed by atoms with Gasteiger partial charge in [-0.2, -0.15) is 0 Å². The van der Waals surface area contributed by atoms with Gasteiger partial charge in [-0.3, -0.25) is 4.79 Å². The Balaban J connectivity index is 2.73. The van der Waals surface area contributed by atoms with Crippen molar-refractivity contribution in [3.8, 4) is 0 Å². The molecule has 0 saturated heterocycles. The molecule has 0 heterocycles. The van der Waals surface area contributed by atoms with E-state index in [1.54, 1.807) is 0 Å². The third-order valence-corrected chi connectivity index (χ3v) is 3.20. The minimum atomic E-state index is -1.25. The highest BCUT2D eigenvalue weighted by molar-refractivity contribution is 6.02. The van der Waals surface area contributed by atoms with Gasteiger partial charge in [0, 0.05) is 12.3 Å². The molecular weight excluding hydrogens is 304 g/mol. The van der Waals surface area contributed by atoms with Crippen molar-refractivity contribution in [3.05, 3.63) is 35.4 Å². The van der Waals surface area contributed by atoms with Crippen LogP contribution >= 0.6 is 0 Å². The van der Waals surface area contributed by atoms with Crippen LogP contribution in [0, 0.1) is 5.92 Å². The number of hydrogen-bond donors (Lipinski definition) is 2. The minimum Gasteiger partial charge on any atom is -0.481 e. The summed E-state index contributed by atoms with van der Waals surface area (Å²) in [5.74, 6) is -3.72. The van der Waals surface area contributed by atoms with Gasteiger partial charge in [0.15, 0.2) is 0 Å². The van der Waals surface area contributed by atoms with E-state index in [0.29, 0.717) is 0 Å². The first-order valence-corrected chi connectivity index (χ1v) is 7.02. The van der Waals surface area contributed by atoms with Crippen LogP contribution in [0.3, 0.4) is 0 Å². The number of carboxylic acids is 2. The zero-order chi connectivity index (χ0) is 17.4. The van der Waals surface area contributed by atoms with Crippen molar-refractivity contribution in [3.63, 3.8) is 0 Å². The molecule has 7 nitrogen and oxygen atoms in total. The van der Waals surface area contributed by atoms with Gasteiger partial charge in [0.2, 0.25) is 0 Å². The smallest absolute Gasteiger partial charge is 0.339 e. The molecule has 1 aromatic rings. The van der Waals surface area contributed by atoms with E-state index >= 15 is 0 Å². The van der Waals surface area contributed by atoms with Gasteiger partial charge in [-0.1, -0.05) is 12.1 Å². The number of ether oxygens (including phenoxy) is 1. The SMILES string of the molecule is CC(=O)CCC(COC(=O)c1ccccc1C(=O)O)CC(=O)O. The number of hydrogen-bond acceptors (Lipinski definition) is 5. The van der Waals surface area contributed by atoms with E-state index < -0.39 is 23.8 Å². The van der Waals surface area contributed by atoms with Gasteiger partial charge in [-0.15, -0.1) is 0 Å². The van der Waals surface area contributed by atoms with Gasteiger partial charge >= 0.3 is 17.9 Å². The Hall–Kier alpha value is -2.70. The zero-order valence-electron chi connectivity index (χ0n) is 12.7. The van der Waals surface area contributed by atoms with Gasteiger partial charge in [-0.05, 0) is 25.5 Å². The Bertz CT molecular complexity index is 606. The average molecular weight is 322 g/mol. The Morgan fingerprint density at radius 1 is 1.09 bits per heavy atom. The molecule has 0 fully saturated rings. The van der Waals surface area contributed by atoms with E-state index in [1.165, 1.54) is 31.2 Å². The number of esters is 1. The second kappa shape index (κ2) is 8.67. The summed E-state index contributed by atoms with van der Waals surface area (Å²) in [6.07, 6.45) is 0.248. The molecule has 1 atom stereocenters. The van der Waals surface area contributed by atoms with Gasteiger partial charge in [0.1, 0.15) is 5.78 Å². The summed E-state index contributed by atoms with van der Waals surface area (Å²) in [6.45, 7) is 1.21. The Morgan fingerprint density at radius 2 is 1.70 bits per heavy atom. The van der Waals surface area contributed by atoms with Gasteiger partial charge in [0.05, 0.1) is 24.2 Å². The summed E-state index contributed by atoms with van der Waals surface area (Å²) >= 11 is 0. The predicted molar refractivity (Wildman–Crippen MR) is 79.3 cm³/mol. The fourth-order valence-electron chi connectivity index (χ4n) is 2.02. The first-order chi connectivity index (χ1) is 10.8. The van der Waals surface area contributed by atoms with Crippen molar-refractivity contribution in [2.45, 2.75) is 26.2 Å². The summed E-state index contributed by atoms with van der Waals surface area (Å²) in [6, 6.07) is 5.60. The lowest BCUT2D eigenvalue weighted by atomic mass is 9.99. The van der Waals surface area contributed by atoms with Gasteiger partial charge in [-0.25, -0.2) is 9.59 Å². The fraction of sp³-hybridized carbons (Fsp3) is 0.375. The first kappa shape index (κ1) is 18.3. The number of aromatic carboxylic acids is 1. The van der Waals surface area contributed by atoms with E-state index in [1.807, 2.05) is 0 Å². The zero-order valence-corrected chi connectivity index (χ0v) is 12.7. The first-order valence-electron chi connectivity index (χ1n) is 7.02. The van der Waals surface area contributed by atoms with Crippen LogP contribution in [0.15, 0.2) is 24.3 Å². The summed E-state index contributed by atoms with van der Waals surface area (Å²) < 4.78 is 5.04. The van der Waals surface area contributed by atoms with E-state index in [2.05, 4.69) is 0 Å². The molecule has 1 rings (SSSR count). The van der Waals surface area contributed by atoms with Crippen LogP contribution in [0.25, 0.3) is 0 Å². The van der Waals surface area contributed by atoms with Crippen molar-refractivity contribution >= 4 is 23.7 Å². The van der Waals surface area contributed by atoms with Crippen LogP contribution < -0.4 is 0 Å². The number of ketones is 1. The molecule has 0 aliphatic rings. The highest BCUT2D eigenvalue weighted by Gasteiger charge is 2.20. The summed E-state index contributed by atoms with van der Waals surface area (Å²) in [7, 11) is 0. The Kier molecular flexibility index (Phi) is 6.92. The fourth-order valence-corrected chi connectivity index (χ4v) is 2.02. The van der Waals surface area contributed by atoms with Crippen LogP contribution in [0.5, 0.6) is 0 Å². The molecule has 0 aliphatic heterocycles. The molecular formula is C16H18O7. The van der Waals surface area contributed by atoms with E-state index in [4.69, 9.17) is 14.9 Å². The lowest BCUT2D eigenvalue weighted by Crippen LogP contribution is -2.19. The largest absolute Gasteiger partial charge is 0.481 e. The molecule has 0 aromatic heterocycles. The van der Waals surface area contributed by atoms with Crippen molar-refractivity contribution in [1.82, 2.24) is 0 Å². The van der Waals surface area contributed by atoms with Crippen LogP contribution in [0.4, 0.5) is 0 Å². The van der Waals surface area contributed by atoms with Crippen molar-refractivity contribution in [2.24, 2.45) is 5.92 Å². The summed E-state index contributed by atoms with van der Waals surface area (Å²) in [5.41, 5.74) is -0.281. The van der Waals surface area contributed by atoms with Crippen LogP contribution in [0.2, 0.25) is 0 Å². The maximum absolute atomic E-state index is 12.0. The number of aliphatic carboxylic acids is 1. The maximum Gasteiger partial charge on any atom is 0.339 e. The Labute approximate surface area is 132 Å². The van der Waals surface area contributed by atoms with Gasteiger partial charge < -0.3 is 19.7 Å². The topological polar surface area (TPSA) is 118 Å². The molecule has 0 saturated carbocycles. The lowest BCUT2D eigenvalue weighted by Gasteiger charge is -2.15. The number of carbonyl (C=O) groups excluding carboxylic acids is 2. The molecule has 0 aliphatic carbocycles. The van der Waals surface area contributed by atoms with Crippen LogP contribution in [-0.4, -0.2) is 40.5 Å². The highest BCUT2D eigenvalue weighted by Crippen LogP contribution is 2.15. The average Bonchev–Trinajstić information content (AvgIpc) is 2.49. The minimum absolute atomic E-state index is 0.0806. The molecule has 7 heteroatoms. The standard InChI is InChI=1S/C16H18O7/c1-10(17)6-7-11(8-14(18)19)9-23-16(22)13-5-3-2-4-12(13)15(20)21/h2-5,11H,6-9H2,1H3,(H,18,19)(H,20,21). The molecule has 0 radical (unpaired) electrons. The monoisotopic (exact) mass is 322 g/mol. The Morgan fingerprint density at radius 3 is 2.22 bits per heavy atom.